The second-order valence-corrected chi connectivity index (χ2v) is 3.21. The van der Waals surface area contributed by atoms with Gasteiger partial charge >= 0.3 is 6.03 Å². The summed E-state index contributed by atoms with van der Waals surface area (Å²) in [5, 5.41) is 4.03. The van der Waals surface area contributed by atoms with E-state index >= 15 is 0 Å². The van der Waals surface area contributed by atoms with Crippen LogP contribution in [-0.2, 0) is 14.4 Å². The predicted molar refractivity (Wildman–Crippen MR) is 50.0 cm³/mol. The Morgan fingerprint density at radius 2 is 1.60 bits per heavy atom. The molecule has 0 unspecified atom stereocenters. The highest BCUT2D eigenvalue weighted by molar-refractivity contribution is 6.34. The van der Waals surface area contributed by atoms with Crippen LogP contribution in [0.5, 0.6) is 0 Å². The van der Waals surface area contributed by atoms with Gasteiger partial charge in [-0.1, -0.05) is 13.8 Å². The molecule has 0 spiro atoms. The Hall–Kier alpha value is -1.72. The molecule has 0 aromatic carbocycles. The van der Waals surface area contributed by atoms with Crippen molar-refractivity contribution >= 4 is 23.5 Å². The minimum Gasteiger partial charge on any atom is -0.311 e. The number of amides is 3. The predicted octanol–water partition coefficient (Wildman–Crippen LogP) is -0.477. The Kier molecular flexibility index (Phi) is 2.88. The molecule has 1 rings (SSSR count). The molecule has 0 atom stereocenters. The second-order valence-electron chi connectivity index (χ2n) is 3.21. The minimum atomic E-state index is -1.99. The zero-order valence-corrected chi connectivity index (χ0v) is 8.55. The number of carbonyl (C=O) groups is 4. The topological polar surface area (TPSA) is 92.3 Å². The van der Waals surface area contributed by atoms with Crippen molar-refractivity contribution in [2.45, 2.75) is 32.2 Å². The van der Waals surface area contributed by atoms with Gasteiger partial charge in [-0.05, 0) is 0 Å². The van der Waals surface area contributed by atoms with Crippen molar-refractivity contribution in [3.05, 3.63) is 0 Å². The van der Waals surface area contributed by atoms with Crippen LogP contribution in [0.4, 0.5) is 4.79 Å². The van der Waals surface area contributed by atoms with Gasteiger partial charge in [0.05, 0.1) is 0 Å². The molecule has 0 saturated carbocycles. The number of ketones is 2. The number of Topliss-reactive ketones (excluding diaryl/α,β-unsaturated/α-hetero) is 2. The molecule has 6 nitrogen and oxygen atoms in total. The van der Waals surface area contributed by atoms with Crippen LogP contribution in [0.1, 0.15) is 26.7 Å². The van der Waals surface area contributed by atoms with Gasteiger partial charge in [0.1, 0.15) is 0 Å². The fourth-order valence-electron chi connectivity index (χ4n) is 1.53. The highest BCUT2D eigenvalue weighted by Gasteiger charge is 2.56. The van der Waals surface area contributed by atoms with E-state index in [2.05, 4.69) is 5.32 Å². The SMILES string of the molecule is CCC(=O)C1(C(=O)CC)NC(=O)NC1=O. The van der Waals surface area contributed by atoms with Gasteiger partial charge in [-0.15, -0.1) is 0 Å². The summed E-state index contributed by atoms with van der Waals surface area (Å²) in [5.41, 5.74) is -1.99. The molecule has 3 amide bonds. The zero-order valence-electron chi connectivity index (χ0n) is 8.55. The smallest absolute Gasteiger partial charge is 0.311 e. The third-order valence-electron chi connectivity index (χ3n) is 2.35. The first-order valence-corrected chi connectivity index (χ1v) is 4.69. The first kappa shape index (κ1) is 11.4. The van der Waals surface area contributed by atoms with Gasteiger partial charge in [-0.2, -0.15) is 0 Å². The summed E-state index contributed by atoms with van der Waals surface area (Å²) >= 11 is 0. The van der Waals surface area contributed by atoms with Crippen LogP contribution in [0.15, 0.2) is 0 Å². The van der Waals surface area contributed by atoms with E-state index in [4.69, 9.17) is 0 Å². The summed E-state index contributed by atoms with van der Waals surface area (Å²) in [6, 6.07) is -0.802. The molecular formula is C9H12N2O4. The molecule has 0 aromatic heterocycles. The Bertz CT molecular complexity index is 332. The second kappa shape index (κ2) is 3.80. The standard InChI is InChI=1S/C9H12N2O4/c1-3-5(12)9(6(13)4-2)7(14)10-8(15)11-9/h3-4H2,1-2H3,(H2,10,11,14,15). The van der Waals surface area contributed by atoms with Crippen LogP contribution >= 0.6 is 0 Å². The highest BCUT2D eigenvalue weighted by atomic mass is 16.2. The number of carbonyl (C=O) groups excluding carboxylic acids is 4. The van der Waals surface area contributed by atoms with Crippen molar-refractivity contribution in [1.29, 1.82) is 0 Å². The first-order chi connectivity index (χ1) is 6.98. The van der Waals surface area contributed by atoms with Crippen LogP contribution in [-0.4, -0.2) is 29.0 Å². The van der Waals surface area contributed by atoms with Crippen LogP contribution in [0, 0.1) is 0 Å². The van der Waals surface area contributed by atoms with Gasteiger partial charge in [0.25, 0.3) is 5.91 Å². The number of urea groups is 1. The van der Waals surface area contributed by atoms with Gasteiger partial charge in [0, 0.05) is 12.8 Å². The largest absolute Gasteiger partial charge is 0.323 e. The maximum Gasteiger partial charge on any atom is 0.323 e. The Labute approximate surface area is 86.4 Å². The normalized spacial score (nSPS) is 18.3. The molecule has 82 valence electrons. The quantitative estimate of drug-likeness (QED) is 0.486. The van der Waals surface area contributed by atoms with Gasteiger partial charge in [-0.3, -0.25) is 19.7 Å². The number of hydrogen-bond donors (Lipinski definition) is 2. The Morgan fingerprint density at radius 3 is 1.87 bits per heavy atom. The van der Waals surface area contributed by atoms with E-state index in [1.165, 1.54) is 13.8 Å². The highest BCUT2D eigenvalue weighted by Crippen LogP contribution is 2.17. The maximum absolute atomic E-state index is 11.6. The summed E-state index contributed by atoms with van der Waals surface area (Å²) < 4.78 is 0. The van der Waals surface area contributed by atoms with Crippen molar-refractivity contribution < 1.29 is 19.2 Å². The van der Waals surface area contributed by atoms with Crippen LogP contribution < -0.4 is 10.6 Å². The van der Waals surface area contributed by atoms with Gasteiger partial charge in [0.15, 0.2) is 11.6 Å². The summed E-state index contributed by atoms with van der Waals surface area (Å²) in [5.74, 6) is -2.04. The lowest BCUT2D eigenvalue weighted by Gasteiger charge is -2.21. The summed E-state index contributed by atoms with van der Waals surface area (Å²) in [7, 11) is 0. The molecule has 2 N–H and O–H groups in total. The Morgan fingerprint density at radius 1 is 1.13 bits per heavy atom. The van der Waals surface area contributed by atoms with E-state index < -0.39 is 29.0 Å². The third kappa shape index (κ3) is 1.51. The molecule has 0 radical (unpaired) electrons. The van der Waals surface area contributed by atoms with Crippen LogP contribution in [0.2, 0.25) is 0 Å². The van der Waals surface area contributed by atoms with Gasteiger partial charge < -0.3 is 5.32 Å². The van der Waals surface area contributed by atoms with Gasteiger partial charge in [0.2, 0.25) is 5.54 Å². The minimum absolute atomic E-state index is 0.0133. The fraction of sp³-hybridized carbons (Fsp3) is 0.556. The molecule has 1 heterocycles. The molecule has 1 aliphatic rings. The van der Waals surface area contributed by atoms with Crippen LogP contribution in [0.25, 0.3) is 0 Å². The summed E-state index contributed by atoms with van der Waals surface area (Å²) in [6.45, 7) is 3.07. The molecule has 15 heavy (non-hydrogen) atoms. The van der Waals surface area contributed by atoms with Crippen molar-refractivity contribution in [3.8, 4) is 0 Å². The monoisotopic (exact) mass is 212 g/mol. The molecule has 1 fully saturated rings. The molecule has 0 aliphatic carbocycles. The molecule has 6 heteroatoms. The molecule has 1 saturated heterocycles. The molecule has 0 bridgehead atoms. The lowest BCUT2D eigenvalue weighted by atomic mass is 9.86. The van der Waals surface area contributed by atoms with E-state index in [1.807, 2.05) is 5.32 Å². The fourth-order valence-corrected chi connectivity index (χ4v) is 1.53. The van der Waals surface area contributed by atoms with Crippen molar-refractivity contribution in [2.24, 2.45) is 0 Å². The average molecular weight is 212 g/mol. The summed E-state index contributed by atoms with van der Waals surface area (Å²) in [4.78, 5) is 45.6. The van der Waals surface area contributed by atoms with Gasteiger partial charge in [-0.25, -0.2) is 4.79 Å². The molecular weight excluding hydrogens is 200 g/mol. The number of imide groups is 1. The number of hydrogen-bond acceptors (Lipinski definition) is 4. The van der Waals surface area contributed by atoms with E-state index in [-0.39, 0.29) is 12.8 Å². The van der Waals surface area contributed by atoms with Crippen molar-refractivity contribution in [2.75, 3.05) is 0 Å². The number of nitrogens with one attached hydrogen (secondary N) is 2. The summed E-state index contributed by atoms with van der Waals surface area (Å²) in [6.07, 6.45) is 0.0267. The first-order valence-electron chi connectivity index (χ1n) is 4.69. The van der Waals surface area contributed by atoms with Crippen molar-refractivity contribution in [1.82, 2.24) is 10.6 Å². The lowest BCUT2D eigenvalue weighted by Crippen LogP contribution is -2.59. The van der Waals surface area contributed by atoms with E-state index in [0.717, 1.165) is 0 Å². The molecule has 1 aliphatic heterocycles. The Balaban J connectivity index is 3.19. The van der Waals surface area contributed by atoms with E-state index in [9.17, 15) is 19.2 Å². The maximum atomic E-state index is 11.6. The van der Waals surface area contributed by atoms with Crippen molar-refractivity contribution in [3.63, 3.8) is 0 Å². The zero-order chi connectivity index (χ0) is 11.6. The van der Waals surface area contributed by atoms with Crippen LogP contribution in [0.3, 0.4) is 0 Å². The lowest BCUT2D eigenvalue weighted by molar-refractivity contribution is -0.142. The van der Waals surface area contributed by atoms with E-state index in [1.54, 1.807) is 0 Å². The molecule has 0 aromatic rings. The number of rotatable bonds is 4. The van der Waals surface area contributed by atoms with E-state index in [0.29, 0.717) is 0 Å². The average Bonchev–Trinajstić information content (AvgIpc) is 2.52. The third-order valence-corrected chi connectivity index (χ3v) is 2.35.